The second-order valence-electron chi connectivity index (χ2n) is 5.03. The molecule has 1 amide bonds. The number of nitrogens with zero attached hydrogens (tertiary/aromatic N) is 5. The molecule has 0 unspecified atom stereocenters. The maximum atomic E-state index is 12.1. The van der Waals surface area contributed by atoms with Crippen LogP contribution in [-0.2, 0) is 11.3 Å². The van der Waals surface area contributed by atoms with Crippen LogP contribution in [-0.4, -0.2) is 39.8 Å². The highest BCUT2D eigenvalue weighted by molar-refractivity contribution is 5.91. The van der Waals surface area contributed by atoms with Crippen LogP contribution in [0.5, 0.6) is 0 Å². The van der Waals surface area contributed by atoms with Gasteiger partial charge in [-0.05, 0) is 19.9 Å². The first kappa shape index (κ1) is 15.6. The Morgan fingerprint density at radius 1 is 1.27 bits per heavy atom. The molecule has 0 saturated heterocycles. The second kappa shape index (κ2) is 6.33. The Balaban J connectivity index is 2.19. The van der Waals surface area contributed by atoms with E-state index in [2.05, 4.69) is 20.4 Å². The quantitative estimate of drug-likeness (QED) is 0.876. The van der Waals surface area contributed by atoms with Crippen molar-refractivity contribution in [2.24, 2.45) is 0 Å². The normalized spacial score (nSPS) is 10.4. The molecule has 8 nitrogen and oxygen atoms in total. The molecular weight excluding hydrogens is 284 g/mol. The molecule has 0 atom stereocenters. The number of nitrogens with one attached hydrogen (secondary N) is 1. The second-order valence-corrected chi connectivity index (χ2v) is 5.03. The Morgan fingerprint density at radius 3 is 2.45 bits per heavy atom. The Labute approximate surface area is 127 Å². The fourth-order valence-corrected chi connectivity index (χ4v) is 1.90. The van der Waals surface area contributed by atoms with Crippen molar-refractivity contribution in [2.75, 3.05) is 24.3 Å². The van der Waals surface area contributed by atoms with E-state index in [0.717, 1.165) is 4.68 Å². The molecule has 0 aliphatic carbocycles. The predicted octanol–water partition coefficient (Wildman–Crippen LogP) is 0.355. The van der Waals surface area contributed by atoms with Gasteiger partial charge in [0.15, 0.2) is 0 Å². The Hall–Kier alpha value is -2.77. The van der Waals surface area contributed by atoms with Crippen LogP contribution in [0.25, 0.3) is 0 Å². The molecule has 8 heteroatoms. The van der Waals surface area contributed by atoms with E-state index in [0.29, 0.717) is 23.0 Å². The average Bonchev–Trinajstić information content (AvgIpc) is 2.45. The van der Waals surface area contributed by atoms with Gasteiger partial charge in [0.25, 0.3) is 5.56 Å². The number of hydrogen-bond donors (Lipinski definition) is 1. The number of aromatic nitrogens is 4. The fraction of sp³-hybridized carbons (Fsp3) is 0.357. The topological polar surface area (TPSA) is 93.0 Å². The van der Waals surface area contributed by atoms with Crippen LogP contribution in [0.15, 0.2) is 23.1 Å². The molecule has 0 aliphatic heterocycles. The largest absolute Gasteiger partial charge is 0.347 e. The lowest BCUT2D eigenvalue weighted by Crippen LogP contribution is -2.29. The van der Waals surface area contributed by atoms with Gasteiger partial charge < -0.3 is 10.2 Å². The van der Waals surface area contributed by atoms with Crippen molar-refractivity contribution in [1.29, 1.82) is 0 Å². The molecule has 2 aromatic heterocycles. The summed E-state index contributed by atoms with van der Waals surface area (Å²) in [5.41, 5.74) is 1.56. The van der Waals surface area contributed by atoms with Gasteiger partial charge in [-0.3, -0.25) is 9.59 Å². The van der Waals surface area contributed by atoms with Gasteiger partial charge >= 0.3 is 0 Å². The van der Waals surface area contributed by atoms with Gasteiger partial charge in [-0.25, -0.2) is 14.6 Å². The number of carbonyl (C=O) groups excluding carboxylic acids is 1. The monoisotopic (exact) mass is 302 g/mol. The van der Waals surface area contributed by atoms with Crippen LogP contribution in [0.3, 0.4) is 0 Å². The van der Waals surface area contributed by atoms with Crippen molar-refractivity contribution in [3.8, 4) is 0 Å². The van der Waals surface area contributed by atoms with Gasteiger partial charge in [0, 0.05) is 26.4 Å². The van der Waals surface area contributed by atoms with E-state index in [1.54, 1.807) is 18.7 Å². The summed E-state index contributed by atoms with van der Waals surface area (Å²) in [6.45, 7) is 3.43. The standard InChI is InChI=1S/C14H18N6O2/c1-9-13(10(2)17-14(16-9)19(3)4)18-11(21)8-20-12(22)6-5-7-15-20/h5-7H,8H2,1-4H3,(H,18,21). The van der Waals surface area contributed by atoms with Gasteiger partial charge in [-0.15, -0.1) is 0 Å². The van der Waals surface area contributed by atoms with E-state index in [1.165, 1.54) is 18.3 Å². The lowest BCUT2D eigenvalue weighted by atomic mass is 10.3. The molecule has 0 aliphatic rings. The zero-order valence-electron chi connectivity index (χ0n) is 13.0. The third-order valence-electron chi connectivity index (χ3n) is 3.00. The summed E-state index contributed by atoms with van der Waals surface area (Å²) in [6, 6.07) is 2.88. The first-order valence-corrected chi connectivity index (χ1v) is 6.73. The SMILES string of the molecule is Cc1nc(N(C)C)nc(C)c1NC(=O)Cn1ncccc1=O. The minimum Gasteiger partial charge on any atom is -0.347 e. The number of hydrogen-bond acceptors (Lipinski definition) is 6. The van der Waals surface area contributed by atoms with Crippen LogP contribution in [0.2, 0.25) is 0 Å². The van der Waals surface area contributed by atoms with E-state index >= 15 is 0 Å². The first-order valence-electron chi connectivity index (χ1n) is 6.73. The highest BCUT2D eigenvalue weighted by Gasteiger charge is 2.13. The van der Waals surface area contributed by atoms with E-state index in [-0.39, 0.29) is 18.0 Å². The smallest absolute Gasteiger partial charge is 0.267 e. The highest BCUT2D eigenvalue weighted by Crippen LogP contribution is 2.19. The number of amides is 1. The summed E-state index contributed by atoms with van der Waals surface area (Å²) < 4.78 is 1.09. The zero-order chi connectivity index (χ0) is 16.3. The molecule has 22 heavy (non-hydrogen) atoms. The summed E-state index contributed by atoms with van der Waals surface area (Å²) >= 11 is 0. The maximum Gasteiger partial charge on any atom is 0.267 e. The minimum atomic E-state index is -0.354. The van der Waals surface area contributed by atoms with Crippen LogP contribution in [0, 0.1) is 13.8 Å². The number of carbonyl (C=O) groups is 1. The van der Waals surface area contributed by atoms with Gasteiger partial charge in [-0.1, -0.05) is 0 Å². The van der Waals surface area contributed by atoms with Crippen LogP contribution in [0.4, 0.5) is 11.6 Å². The van der Waals surface area contributed by atoms with E-state index in [9.17, 15) is 9.59 Å². The van der Waals surface area contributed by atoms with E-state index < -0.39 is 0 Å². The van der Waals surface area contributed by atoms with E-state index in [1.807, 2.05) is 14.1 Å². The summed E-state index contributed by atoms with van der Waals surface area (Å²) in [5.74, 6) is 0.224. The Bertz CT molecular complexity index is 730. The van der Waals surface area contributed by atoms with Crippen LogP contribution in [0.1, 0.15) is 11.4 Å². The molecule has 2 aromatic rings. The molecule has 0 saturated carbocycles. The lowest BCUT2D eigenvalue weighted by Gasteiger charge is -2.15. The van der Waals surface area contributed by atoms with Crippen LogP contribution >= 0.6 is 0 Å². The third-order valence-corrected chi connectivity index (χ3v) is 3.00. The number of anilines is 2. The minimum absolute atomic E-state index is 0.159. The van der Waals surface area contributed by atoms with Crippen molar-refractivity contribution in [2.45, 2.75) is 20.4 Å². The van der Waals surface area contributed by atoms with Crippen LogP contribution < -0.4 is 15.8 Å². The van der Waals surface area contributed by atoms with E-state index in [4.69, 9.17) is 0 Å². The summed E-state index contributed by atoms with van der Waals surface area (Å²) in [4.78, 5) is 34.1. The van der Waals surface area contributed by atoms with Gasteiger partial charge in [0.05, 0.1) is 17.1 Å². The van der Waals surface area contributed by atoms with Crippen molar-refractivity contribution < 1.29 is 4.79 Å². The third kappa shape index (κ3) is 3.46. The van der Waals surface area contributed by atoms with Crippen molar-refractivity contribution in [1.82, 2.24) is 19.7 Å². The van der Waals surface area contributed by atoms with Gasteiger partial charge in [0.1, 0.15) is 6.54 Å². The molecule has 0 aromatic carbocycles. The molecule has 116 valence electrons. The Kier molecular flexibility index (Phi) is 4.50. The average molecular weight is 302 g/mol. The zero-order valence-corrected chi connectivity index (χ0v) is 13.0. The molecule has 0 fully saturated rings. The summed E-state index contributed by atoms with van der Waals surface area (Å²) in [6.07, 6.45) is 1.46. The maximum absolute atomic E-state index is 12.1. The highest BCUT2D eigenvalue weighted by atomic mass is 16.2. The van der Waals surface area contributed by atoms with Crippen molar-refractivity contribution in [3.63, 3.8) is 0 Å². The summed E-state index contributed by atoms with van der Waals surface area (Å²) in [5, 5.41) is 6.59. The molecule has 0 spiro atoms. The van der Waals surface area contributed by atoms with Crippen molar-refractivity contribution in [3.05, 3.63) is 40.1 Å². The van der Waals surface area contributed by atoms with Gasteiger partial charge in [-0.2, -0.15) is 5.10 Å². The Morgan fingerprint density at radius 2 is 1.91 bits per heavy atom. The molecule has 0 radical (unpaired) electrons. The lowest BCUT2D eigenvalue weighted by molar-refractivity contribution is -0.117. The first-order chi connectivity index (χ1) is 10.4. The van der Waals surface area contributed by atoms with Crippen molar-refractivity contribution >= 4 is 17.5 Å². The van der Waals surface area contributed by atoms with Gasteiger partial charge in [0.2, 0.25) is 11.9 Å². The fourth-order valence-electron chi connectivity index (χ4n) is 1.90. The summed E-state index contributed by atoms with van der Waals surface area (Å²) in [7, 11) is 3.69. The molecule has 0 bridgehead atoms. The number of aryl methyl sites for hydroxylation is 2. The predicted molar refractivity (Wildman–Crippen MR) is 83.0 cm³/mol. The molecular formula is C14H18N6O2. The number of rotatable bonds is 4. The molecule has 2 rings (SSSR count). The molecule has 2 heterocycles. The molecule has 1 N–H and O–H groups in total.